The van der Waals surface area contributed by atoms with E-state index in [4.69, 9.17) is 15.2 Å². The lowest BCUT2D eigenvalue weighted by Crippen LogP contribution is -2.32. The molecule has 1 fully saturated rings. The fourth-order valence-electron chi connectivity index (χ4n) is 2.60. The molecule has 0 saturated carbocycles. The van der Waals surface area contributed by atoms with Gasteiger partial charge in [-0.3, -0.25) is 0 Å². The maximum absolute atomic E-state index is 12.3. The molecule has 0 amide bonds. The van der Waals surface area contributed by atoms with Gasteiger partial charge in [-0.1, -0.05) is 0 Å². The standard InChI is InChI=1S/C16H23N3O4/c1-3-22-15(20)11-10-12(16(21)23-4-2)14(18-13(11)17)19-8-6-5-7-9-19/h10H,3-9H2,1-2H3,(H2,17,18). The lowest BCUT2D eigenvalue weighted by atomic mass is 10.1. The van der Waals surface area contributed by atoms with Crippen LogP contribution in [0.25, 0.3) is 0 Å². The van der Waals surface area contributed by atoms with E-state index in [9.17, 15) is 9.59 Å². The minimum absolute atomic E-state index is 0.0667. The molecule has 2 heterocycles. The van der Waals surface area contributed by atoms with Crippen molar-refractivity contribution < 1.29 is 19.1 Å². The van der Waals surface area contributed by atoms with Gasteiger partial charge in [0.25, 0.3) is 0 Å². The van der Waals surface area contributed by atoms with Crippen LogP contribution in [0.2, 0.25) is 0 Å². The van der Waals surface area contributed by atoms with Crippen molar-refractivity contribution in [3.8, 4) is 0 Å². The Hall–Kier alpha value is -2.31. The molecular weight excluding hydrogens is 298 g/mol. The lowest BCUT2D eigenvalue weighted by Gasteiger charge is -2.29. The Kier molecular flexibility index (Phi) is 5.78. The smallest absolute Gasteiger partial charge is 0.341 e. The number of hydrogen-bond acceptors (Lipinski definition) is 7. The van der Waals surface area contributed by atoms with E-state index < -0.39 is 11.9 Å². The van der Waals surface area contributed by atoms with Crippen molar-refractivity contribution in [1.29, 1.82) is 0 Å². The van der Waals surface area contributed by atoms with E-state index >= 15 is 0 Å². The van der Waals surface area contributed by atoms with Gasteiger partial charge in [0.1, 0.15) is 22.8 Å². The minimum Gasteiger partial charge on any atom is -0.462 e. The SMILES string of the molecule is CCOC(=O)c1cc(C(=O)OCC)c(N2CCCCC2)nc1N. The zero-order valence-electron chi connectivity index (χ0n) is 13.6. The number of pyridine rings is 1. The third-order valence-corrected chi connectivity index (χ3v) is 3.68. The molecule has 2 N–H and O–H groups in total. The maximum atomic E-state index is 12.3. The number of esters is 2. The summed E-state index contributed by atoms with van der Waals surface area (Å²) in [5.41, 5.74) is 6.26. The molecule has 1 saturated heterocycles. The molecule has 0 atom stereocenters. The molecule has 1 aliphatic heterocycles. The number of anilines is 2. The predicted molar refractivity (Wildman–Crippen MR) is 86.6 cm³/mol. The zero-order chi connectivity index (χ0) is 16.8. The van der Waals surface area contributed by atoms with Gasteiger partial charge in [-0.15, -0.1) is 0 Å². The molecule has 1 aliphatic rings. The molecule has 7 heteroatoms. The number of ether oxygens (including phenoxy) is 2. The number of piperidine rings is 1. The van der Waals surface area contributed by atoms with E-state index in [2.05, 4.69) is 4.98 Å². The number of carbonyl (C=O) groups is 2. The third kappa shape index (κ3) is 3.91. The van der Waals surface area contributed by atoms with Crippen LogP contribution in [0.5, 0.6) is 0 Å². The molecule has 2 rings (SSSR count). The van der Waals surface area contributed by atoms with Gasteiger partial charge in [0.05, 0.1) is 13.2 Å². The summed E-state index contributed by atoms with van der Waals surface area (Å²) in [6.07, 6.45) is 3.22. The molecule has 0 spiro atoms. The van der Waals surface area contributed by atoms with Crippen molar-refractivity contribution in [2.75, 3.05) is 36.9 Å². The fourth-order valence-corrected chi connectivity index (χ4v) is 2.60. The quantitative estimate of drug-likeness (QED) is 0.829. The first-order valence-electron chi connectivity index (χ1n) is 7.98. The highest BCUT2D eigenvalue weighted by molar-refractivity contribution is 6.01. The van der Waals surface area contributed by atoms with Gasteiger partial charge >= 0.3 is 11.9 Å². The Morgan fingerprint density at radius 1 is 1.09 bits per heavy atom. The second-order valence-corrected chi connectivity index (χ2v) is 5.28. The van der Waals surface area contributed by atoms with Gasteiger partial charge in [0.2, 0.25) is 0 Å². The summed E-state index contributed by atoms with van der Waals surface area (Å²) < 4.78 is 10.1. The average Bonchev–Trinajstić information content (AvgIpc) is 2.55. The fraction of sp³-hybridized carbons (Fsp3) is 0.562. The van der Waals surface area contributed by atoms with Crippen LogP contribution in [-0.2, 0) is 9.47 Å². The van der Waals surface area contributed by atoms with Gasteiger partial charge in [-0.25, -0.2) is 14.6 Å². The topological polar surface area (TPSA) is 94.8 Å². The number of hydrogen-bond donors (Lipinski definition) is 1. The number of aromatic nitrogens is 1. The highest BCUT2D eigenvalue weighted by Crippen LogP contribution is 2.27. The number of nitrogens with zero attached hydrogens (tertiary/aromatic N) is 2. The number of nitrogen functional groups attached to an aromatic ring is 1. The molecule has 0 bridgehead atoms. The van der Waals surface area contributed by atoms with Crippen molar-refractivity contribution in [2.45, 2.75) is 33.1 Å². The number of nitrogens with two attached hydrogens (primary N) is 1. The first-order chi connectivity index (χ1) is 11.1. The summed E-state index contributed by atoms with van der Waals surface area (Å²) in [5, 5.41) is 0. The molecule has 7 nitrogen and oxygen atoms in total. The Morgan fingerprint density at radius 3 is 2.22 bits per heavy atom. The molecular formula is C16H23N3O4. The molecule has 1 aromatic heterocycles. The number of rotatable bonds is 5. The molecule has 0 radical (unpaired) electrons. The van der Waals surface area contributed by atoms with Gasteiger partial charge < -0.3 is 20.1 Å². The van der Waals surface area contributed by atoms with Gasteiger partial charge in [0, 0.05) is 13.1 Å². The molecule has 126 valence electrons. The normalized spacial score (nSPS) is 14.4. The summed E-state index contributed by atoms with van der Waals surface area (Å²) >= 11 is 0. The van der Waals surface area contributed by atoms with Crippen molar-refractivity contribution in [1.82, 2.24) is 4.98 Å². The maximum Gasteiger partial charge on any atom is 0.341 e. The van der Waals surface area contributed by atoms with Crippen molar-refractivity contribution in [2.24, 2.45) is 0 Å². The molecule has 0 aromatic carbocycles. The van der Waals surface area contributed by atoms with Crippen LogP contribution < -0.4 is 10.6 Å². The summed E-state index contributed by atoms with van der Waals surface area (Å²) in [7, 11) is 0. The Labute approximate surface area is 135 Å². The van der Waals surface area contributed by atoms with E-state index in [1.807, 2.05) is 4.90 Å². The molecule has 1 aromatic rings. The van der Waals surface area contributed by atoms with Crippen LogP contribution >= 0.6 is 0 Å². The van der Waals surface area contributed by atoms with Gasteiger partial charge in [-0.05, 0) is 39.2 Å². The summed E-state index contributed by atoms with van der Waals surface area (Å²) in [4.78, 5) is 30.6. The van der Waals surface area contributed by atoms with Crippen LogP contribution in [-0.4, -0.2) is 43.2 Å². The summed E-state index contributed by atoms with van der Waals surface area (Å²) in [6, 6.07) is 1.43. The zero-order valence-corrected chi connectivity index (χ0v) is 13.6. The van der Waals surface area contributed by atoms with Crippen LogP contribution in [0.15, 0.2) is 6.07 Å². The van der Waals surface area contributed by atoms with Crippen LogP contribution in [0.3, 0.4) is 0 Å². The largest absolute Gasteiger partial charge is 0.462 e. The average molecular weight is 321 g/mol. The number of carbonyl (C=O) groups excluding carboxylic acids is 2. The Balaban J connectivity index is 2.45. The van der Waals surface area contributed by atoms with E-state index in [1.54, 1.807) is 13.8 Å². The van der Waals surface area contributed by atoms with E-state index in [0.717, 1.165) is 32.4 Å². The highest BCUT2D eigenvalue weighted by Gasteiger charge is 2.25. The Bertz CT molecular complexity index is 583. The van der Waals surface area contributed by atoms with Crippen LogP contribution in [0.4, 0.5) is 11.6 Å². The van der Waals surface area contributed by atoms with E-state index in [1.165, 1.54) is 6.07 Å². The summed E-state index contributed by atoms with van der Waals surface area (Å²) in [5.74, 6) is -0.551. The molecule has 0 unspecified atom stereocenters. The van der Waals surface area contributed by atoms with Gasteiger partial charge in [-0.2, -0.15) is 0 Å². The predicted octanol–water partition coefficient (Wildman–Crippen LogP) is 2.01. The van der Waals surface area contributed by atoms with Crippen LogP contribution in [0, 0.1) is 0 Å². The second-order valence-electron chi connectivity index (χ2n) is 5.28. The molecule has 23 heavy (non-hydrogen) atoms. The van der Waals surface area contributed by atoms with Crippen molar-refractivity contribution in [3.05, 3.63) is 17.2 Å². The van der Waals surface area contributed by atoms with E-state index in [0.29, 0.717) is 5.82 Å². The monoisotopic (exact) mass is 321 g/mol. The van der Waals surface area contributed by atoms with Gasteiger partial charge in [0.15, 0.2) is 0 Å². The van der Waals surface area contributed by atoms with Crippen LogP contribution in [0.1, 0.15) is 53.8 Å². The highest BCUT2D eigenvalue weighted by atomic mass is 16.5. The van der Waals surface area contributed by atoms with Crippen molar-refractivity contribution in [3.63, 3.8) is 0 Å². The Morgan fingerprint density at radius 2 is 1.65 bits per heavy atom. The minimum atomic E-state index is -0.590. The van der Waals surface area contributed by atoms with E-state index in [-0.39, 0.29) is 30.2 Å². The third-order valence-electron chi connectivity index (χ3n) is 3.68. The first kappa shape index (κ1) is 17.1. The van der Waals surface area contributed by atoms with Crippen molar-refractivity contribution >= 4 is 23.6 Å². The second kappa shape index (κ2) is 7.80. The lowest BCUT2D eigenvalue weighted by molar-refractivity contribution is 0.0526. The molecule has 0 aliphatic carbocycles. The first-order valence-corrected chi connectivity index (χ1v) is 7.98. The summed E-state index contributed by atoms with van der Waals surface area (Å²) in [6.45, 7) is 5.51.